The predicted octanol–water partition coefficient (Wildman–Crippen LogP) is 0.752. The smallest absolute Gasteiger partial charge is 0.265 e. The highest BCUT2D eigenvalue weighted by Crippen LogP contribution is 2.15. The van der Waals surface area contributed by atoms with Crippen LogP contribution in [0.4, 0.5) is 5.69 Å². The number of thioether (sulfide) groups is 1. The molecular weight excluding hydrogens is 316 g/mol. The van der Waals surface area contributed by atoms with Crippen molar-refractivity contribution in [3.8, 4) is 0 Å². The van der Waals surface area contributed by atoms with Gasteiger partial charge in [0.1, 0.15) is 6.33 Å². The summed E-state index contributed by atoms with van der Waals surface area (Å²) in [5.41, 5.74) is 3.80. The molecule has 1 heterocycles. The average molecular weight is 334 g/mol. The van der Waals surface area contributed by atoms with Gasteiger partial charge in [0.05, 0.1) is 5.75 Å². The number of hydrogen-bond acceptors (Lipinski definition) is 6. The molecule has 2 aromatic rings. The second-order valence-electron chi connectivity index (χ2n) is 4.97. The third-order valence-electron chi connectivity index (χ3n) is 2.76. The number of aryl methyl sites for hydroxylation is 1. The zero-order valence-electron chi connectivity index (χ0n) is 13.1. The summed E-state index contributed by atoms with van der Waals surface area (Å²) in [7, 11) is 5.29. The van der Waals surface area contributed by atoms with Crippen LogP contribution in [0.2, 0.25) is 0 Å². The molecule has 1 aromatic carbocycles. The molecule has 9 heteroatoms. The van der Waals surface area contributed by atoms with E-state index in [0.717, 1.165) is 0 Å². The summed E-state index contributed by atoms with van der Waals surface area (Å²) in [4.78, 5) is 23.7. The number of carbonyl (C=O) groups is 2. The van der Waals surface area contributed by atoms with Crippen LogP contribution >= 0.6 is 11.8 Å². The molecule has 0 spiro atoms. The first-order valence-corrected chi connectivity index (χ1v) is 7.79. The van der Waals surface area contributed by atoms with Crippen LogP contribution in [0, 0.1) is 0 Å². The molecule has 122 valence electrons. The third-order valence-corrected chi connectivity index (χ3v) is 3.79. The topological polar surface area (TPSA) is 92.2 Å². The lowest BCUT2D eigenvalue weighted by Gasteiger charge is -2.12. The zero-order chi connectivity index (χ0) is 16.8. The summed E-state index contributed by atoms with van der Waals surface area (Å²) in [5.74, 6) is -0.121. The van der Waals surface area contributed by atoms with Crippen molar-refractivity contribution in [1.82, 2.24) is 25.2 Å². The van der Waals surface area contributed by atoms with E-state index in [4.69, 9.17) is 0 Å². The largest absolute Gasteiger partial charge is 0.325 e. The molecule has 2 N–H and O–H groups in total. The minimum atomic E-state index is -0.203. The number of amides is 2. The van der Waals surface area contributed by atoms with Gasteiger partial charge in [-0.15, -0.1) is 10.2 Å². The Kier molecular flexibility index (Phi) is 5.72. The molecule has 1 aromatic heterocycles. The van der Waals surface area contributed by atoms with Gasteiger partial charge in [0.2, 0.25) is 5.91 Å². The minimum Gasteiger partial charge on any atom is -0.325 e. The Morgan fingerprint density at radius 1 is 1.26 bits per heavy atom. The van der Waals surface area contributed by atoms with Crippen LogP contribution < -0.4 is 10.7 Å². The van der Waals surface area contributed by atoms with Crippen molar-refractivity contribution in [2.75, 3.05) is 25.2 Å². The van der Waals surface area contributed by atoms with E-state index in [1.807, 2.05) is 7.05 Å². The van der Waals surface area contributed by atoms with Crippen molar-refractivity contribution in [2.45, 2.75) is 5.16 Å². The fraction of sp³-hybridized carbons (Fsp3) is 0.286. The lowest BCUT2D eigenvalue weighted by Crippen LogP contribution is -2.36. The van der Waals surface area contributed by atoms with E-state index in [1.165, 1.54) is 11.8 Å². The number of rotatable bonds is 6. The molecule has 0 radical (unpaired) electrons. The first-order chi connectivity index (χ1) is 11.0. The summed E-state index contributed by atoms with van der Waals surface area (Å²) >= 11 is 1.30. The van der Waals surface area contributed by atoms with Crippen LogP contribution in [0.25, 0.3) is 0 Å². The standard InChI is InChI=1S/C14H18N6O2S/c1-19(2)18-13(22)10-4-6-11(7-5-10)16-12(21)8-23-14-17-15-9-20(14)3/h4-7,9H,8H2,1-3H3,(H,16,21)(H,18,22). The highest BCUT2D eigenvalue weighted by Gasteiger charge is 2.09. The van der Waals surface area contributed by atoms with E-state index in [9.17, 15) is 9.59 Å². The van der Waals surface area contributed by atoms with E-state index in [1.54, 1.807) is 54.3 Å². The maximum Gasteiger partial charge on any atom is 0.265 e. The SMILES string of the molecule is CN(C)NC(=O)c1ccc(NC(=O)CSc2nncn2C)cc1. The summed E-state index contributed by atoms with van der Waals surface area (Å²) in [5, 5.41) is 12.7. The van der Waals surface area contributed by atoms with Crippen LogP contribution in [0.15, 0.2) is 35.7 Å². The maximum absolute atomic E-state index is 11.9. The van der Waals surface area contributed by atoms with Gasteiger partial charge in [-0.3, -0.25) is 15.0 Å². The molecule has 0 aliphatic heterocycles. The normalized spacial score (nSPS) is 10.6. The fourth-order valence-electron chi connectivity index (χ4n) is 1.70. The summed E-state index contributed by atoms with van der Waals surface area (Å²) in [6, 6.07) is 6.69. The number of aromatic nitrogens is 3. The number of carbonyl (C=O) groups excluding carboxylic acids is 2. The number of benzene rings is 1. The van der Waals surface area contributed by atoms with Gasteiger partial charge in [-0.1, -0.05) is 11.8 Å². The Morgan fingerprint density at radius 3 is 2.52 bits per heavy atom. The number of anilines is 1. The van der Waals surface area contributed by atoms with E-state index in [2.05, 4.69) is 20.9 Å². The maximum atomic E-state index is 11.9. The van der Waals surface area contributed by atoms with Gasteiger partial charge in [-0.05, 0) is 24.3 Å². The Labute approximate surface area is 138 Å². The molecule has 0 saturated carbocycles. The molecule has 0 saturated heterocycles. The molecule has 0 atom stereocenters. The van der Waals surface area contributed by atoms with Gasteiger partial charge < -0.3 is 9.88 Å². The van der Waals surface area contributed by atoms with Gasteiger partial charge in [-0.25, -0.2) is 5.01 Å². The first kappa shape index (κ1) is 17.0. The molecule has 0 fully saturated rings. The first-order valence-electron chi connectivity index (χ1n) is 6.80. The minimum absolute atomic E-state index is 0.150. The zero-order valence-corrected chi connectivity index (χ0v) is 13.9. The van der Waals surface area contributed by atoms with Crippen molar-refractivity contribution in [3.05, 3.63) is 36.2 Å². The van der Waals surface area contributed by atoms with Crippen LogP contribution in [0.5, 0.6) is 0 Å². The lowest BCUT2D eigenvalue weighted by atomic mass is 10.2. The summed E-state index contributed by atoms with van der Waals surface area (Å²) in [6.45, 7) is 0. The summed E-state index contributed by atoms with van der Waals surface area (Å²) in [6.07, 6.45) is 1.58. The molecule has 0 aliphatic carbocycles. The molecular formula is C14H18N6O2S. The number of hydrazine groups is 1. The van der Waals surface area contributed by atoms with Crippen LogP contribution in [-0.2, 0) is 11.8 Å². The summed E-state index contributed by atoms with van der Waals surface area (Å²) < 4.78 is 1.75. The van der Waals surface area contributed by atoms with Crippen molar-refractivity contribution < 1.29 is 9.59 Å². The van der Waals surface area contributed by atoms with Crippen molar-refractivity contribution in [1.29, 1.82) is 0 Å². The Balaban J connectivity index is 1.86. The van der Waals surface area contributed by atoms with Crippen molar-refractivity contribution in [3.63, 3.8) is 0 Å². The molecule has 2 rings (SSSR count). The third kappa shape index (κ3) is 5.08. The van der Waals surface area contributed by atoms with Gasteiger partial charge in [0.25, 0.3) is 5.91 Å². The Hall–Kier alpha value is -2.39. The highest BCUT2D eigenvalue weighted by atomic mass is 32.2. The fourth-order valence-corrected chi connectivity index (χ4v) is 2.39. The second kappa shape index (κ2) is 7.75. The molecule has 0 aliphatic rings. The van der Waals surface area contributed by atoms with Crippen LogP contribution in [0.1, 0.15) is 10.4 Å². The molecule has 0 bridgehead atoms. The Morgan fingerprint density at radius 2 is 1.96 bits per heavy atom. The van der Waals surface area contributed by atoms with E-state index in [-0.39, 0.29) is 17.6 Å². The van der Waals surface area contributed by atoms with E-state index < -0.39 is 0 Å². The van der Waals surface area contributed by atoms with E-state index in [0.29, 0.717) is 16.4 Å². The van der Waals surface area contributed by atoms with Gasteiger partial charge in [0, 0.05) is 32.4 Å². The van der Waals surface area contributed by atoms with Gasteiger partial charge >= 0.3 is 0 Å². The average Bonchev–Trinajstić information content (AvgIpc) is 2.90. The quantitative estimate of drug-likeness (QED) is 0.598. The molecule has 23 heavy (non-hydrogen) atoms. The monoisotopic (exact) mass is 334 g/mol. The van der Waals surface area contributed by atoms with Crippen LogP contribution in [-0.4, -0.2) is 51.4 Å². The van der Waals surface area contributed by atoms with Gasteiger partial charge in [-0.2, -0.15) is 0 Å². The van der Waals surface area contributed by atoms with Crippen molar-refractivity contribution >= 4 is 29.3 Å². The number of nitrogens with zero attached hydrogens (tertiary/aromatic N) is 4. The molecule has 2 amide bonds. The second-order valence-corrected chi connectivity index (χ2v) is 5.92. The molecule has 8 nitrogen and oxygen atoms in total. The van der Waals surface area contributed by atoms with E-state index >= 15 is 0 Å². The van der Waals surface area contributed by atoms with Gasteiger partial charge in [0.15, 0.2) is 5.16 Å². The highest BCUT2D eigenvalue weighted by molar-refractivity contribution is 7.99. The number of hydrogen-bond donors (Lipinski definition) is 2. The van der Waals surface area contributed by atoms with Crippen molar-refractivity contribution in [2.24, 2.45) is 7.05 Å². The lowest BCUT2D eigenvalue weighted by molar-refractivity contribution is -0.113. The predicted molar refractivity (Wildman–Crippen MR) is 88.0 cm³/mol. The molecule has 0 unspecified atom stereocenters. The number of nitrogens with one attached hydrogen (secondary N) is 2. The van der Waals surface area contributed by atoms with Crippen LogP contribution in [0.3, 0.4) is 0 Å². The Bertz CT molecular complexity index is 683.